The van der Waals surface area contributed by atoms with Gasteiger partial charge in [-0.05, 0) is 36.8 Å². The molecule has 0 saturated heterocycles. The first kappa shape index (κ1) is 15.2. The third kappa shape index (κ3) is 4.13. The second kappa shape index (κ2) is 7.55. The molecule has 0 saturated carbocycles. The van der Waals surface area contributed by atoms with E-state index in [9.17, 15) is 5.11 Å². The first-order chi connectivity index (χ1) is 10.2. The molecule has 4 heteroatoms. The van der Waals surface area contributed by atoms with Gasteiger partial charge in [-0.15, -0.1) is 0 Å². The highest BCUT2D eigenvalue weighted by Gasteiger charge is 2.09. The molecule has 0 aliphatic heterocycles. The Morgan fingerprint density at radius 3 is 2.48 bits per heavy atom. The molecule has 2 aromatic rings. The molecular formula is C17H21NO3. The Morgan fingerprint density at radius 2 is 1.81 bits per heavy atom. The average Bonchev–Trinajstić information content (AvgIpc) is 2.54. The summed E-state index contributed by atoms with van der Waals surface area (Å²) in [6.07, 6.45) is -0.592. The standard InChI is InChI=1S/C17H21NO3/c1-3-21-17-7-5-4-6-15(17)18-12-16(19)13-8-10-14(20-2)11-9-13/h4-11,16,18-19H,3,12H2,1-2H3. The van der Waals surface area contributed by atoms with Gasteiger partial charge in [0.05, 0.1) is 25.5 Å². The number of rotatable bonds is 7. The molecule has 21 heavy (non-hydrogen) atoms. The molecule has 112 valence electrons. The van der Waals surface area contributed by atoms with Crippen LogP contribution in [0.15, 0.2) is 48.5 Å². The van der Waals surface area contributed by atoms with Crippen LogP contribution in [0.1, 0.15) is 18.6 Å². The van der Waals surface area contributed by atoms with Crippen molar-refractivity contribution in [3.05, 3.63) is 54.1 Å². The van der Waals surface area contributed by atoms with Crippen molar-refractivity contribution in [1.82, 2.24) is 0 Å². The van der Waals surface area contributed by atoms with Gasteiger partial charge in [-0.25, -0.2) is 0 Å². The minimum absolute atomic E-state index is 0.413. The van der Waals surface area contributed by atoms with E-state index in [1.165, 1.54) is 0 Å². The Hall–Kier alpha value is -2.20. The van der Waals surface area contributed by atoms with E-state index < -0.39 is 6.10 Å². The van der Waals surface area contributed by atoms with Gasteiger partial charge in [-0.2, -0.15) is 0 Å². The zero-order chi connectivity index (χ0) is 15.1. The van der Waals surface area contributed by atoms with E-state index in [1.54, 1.807) is 7.11 Å². The van der Waals surface area contributed by atoms with Crippen molar-refractivity contribution in [3.8, 4) is 11.5 Å². The summed E-state index contributed by atoms with van der Waals surface area (Å²) in [5.41, 5.74) is 1.73. The summed E-state index contributed by atoms with van der Waals surface area (Å²) < 4.78 is 10.7. The van der Waals surface area contributed by atoms with Gasteiger partial charge in [-0.3, -0.25) is 0 Å². The first-order valence-corrected chi connectivity index (χ1v) is 7.02. The first-order valence-electron chi connectivity index (χ1n) is 7.02. The van der Waals surface area contributed by atoms with Crippen molar-refractivity contribution in [1.29, 1.82) is 0 Å². The number of methoxy groups -OCH3 is 1. The fourth-order valence-electron chi connectivity index (χ4n) is 2.04. The quantitative estimate of drug-likeness (QED) is 0.821. The fourth-order valence-corrected chi connectivity index (χ4v) is 2.04. The summed E-state index contributed by atoms with van der Waals surface area (Å²) in [6.45, 7) is 2.97. The van der Waals surface area contributed by atoms with Gasteiger partial charge < -0.3 is 19.9 Å². The van der Waals surface area contributed by atoms with Crippen LogP contribution in [0.25, 0.3) is 0 Å². The Labute approximate surface area is 125 Å². The van der Waals surface area contributed by atoms with Crippen molar-refractivity contribution in [3.63, 3.8) is 0 Å². The third-order valence-corrected chi connectivity index (χ3v) is 3.17. The number of anilines is 1. The maximum atomic E-state index is 10.2. The highest BCUT2D eigenvalue weighted by Crippen LogP contribution is 2.25. The lowest BCUT2D eigenvalue weighted by atomic mass is 10.1. The van der Waals surface area contributed by atoms with Crippen LogP contribution in [0.2, 0.25) is 0 Å². The van der Waals surface area contributed by atoms with Crippen molar-refractivity contribution < 1.29 is 14.6 Å². The van der Waals surface area contributed by atoms with Crippen LogP contribution in [0.4, 0.5) is 5.69 Å². The molecular weight excluding hydrogens is 266 g/mol. The summed E-state index contributed by atoms with van der Waals surface area (Å²) in [6, 6.07) is 15.1. The fraction of sp³-hybridized carbons (Fsp3) is 0.294. The molecule has 4 nitrogen and oxygen atoms in total. The van der Waals surface area contributed by atoms with Crippen LogP contribution >= 0.6 is 0 Å². The maximum absolute atomic E-state index is 10.2. The predicted molar refractivity (Wildman–Crippen MR) is 84.1 cm³/mol. The number of hydrogen-bond donors (Lipinski definition) is 2. The highest BCUT2D eigenvalue weighted by molar-refractivity contribution is 5.56. The molecule has 0 fully saturated rings. The van der Waals surface area contributed by atoms with Crippen LogP contribution in [0.5, 0.6) is 11.5 Å². The van der Waals surface area contributed by atoms with Crippen LogP contribution in [-0.4, -0.2) is 25.4 Å². The predicted octanol–water partition coefficient (Wildman–Crippen LogP) is 3.24. The van der Waals surface area contributed by atoms with Gasteiger partial charge in [0.1, 0.15) is 11.5 Å². The van der Waals surface area contributed by atoms with Crippen molar-refractivity contribution in [2.24, 2.45) is 0 Å². The molecule has 1 unspecified atom stereocenters. The maximum Gasteiger partial charge on any atom is 0.142 e. The normalized spacial score (nSPS) is 11.8. The van der Waals surface area contributed by atoms with Crippen molar-refractivity contribution in [2.75, 3.05) is 25.6 Å². The number of aliphatic hydroxyl groups excluding tert-OH is 1. The molecule has 0 bridgehead atoms. The van der Waals surface area contributed by atoms with Crippen LogP contribution in [-0.2, 0) is 0 Å². The summed E-state index contributed by atoms with van der Waals surface area (Å²) in [7, 11) is 1.62. The molecule has 2 aromatic carbocycles. The monoisotopic (exact) mass is 287 g/mol. The van der Waals surface area contributed by atoms with E-state index in [2.05, 4.69) is 5.32 Å². The van der Waals surface area contributed by atoms with E-state index >= 15 is 0 Å². The topological polar surface area (TPSA) is 50.7 Å². The van der Waals surface area contributed by atoms with Gasteiger partial charge in [0, 0.05) is 6.54 Å². The third-order valence-electron chi connectivity index (χ3n) is 3.17. The van der Waals surface area contributed by atoms with Crippen molar-refractivity contribution >= 4 is 5.69 Å². The van der Waals surface area contributed by atoms with E-state index in [0.717, 1.165) is 22.7 Å². The minimum atomic E-state index is -0.592. The zero-order valence-corrected chi connectivity index (χ0v) is 12.4. The van der Waals surface area contributed by atoms with Crippen LogP contribution < -0.4 is 14.8 Å². The summed E-state index contributed by atoms with van der Waals surface area (Å²) in [4.78, 5) is 0. The Morgan fingerprint density at radius 1 is 1.10 bits per heavy atom. The number of hydrogen-bond acceptors (Lipinski definition) is 4. The van der Waals surface area contributed by atoms with Gasteiger partial charge in [-0.1, -0.05) is 24.3 Å². The number of nitrogens with one attached hydrogen (secondary N) is 1. The molecule has 0 radical (unpaired) electrons. The molecule has 0 amide bonds. The van der Waals surface area contributed by atoms with E-state index in [4.69, 9.17) is 9.47 Å². The lowest BCUT2D eigenvalue weighted by Crippen LogP contribution is -2.12. The van der Waals surface area contributed by atoms with Gasteiger partial charge in [0.2, 0.25) is 0 Å². The number of aliphatic hydroxyl groups is 1. The molecule has 0 aliphatic carbocycles. The molecule has 1 atom stereocenters. The Kier molecular flexibility index (Phi) is 5.46. The minimum Gasteiger partial charge on any atom is -0.497 e. The second-order valence-corrected chi connectivity index (χ2v) is 4.60. The number of ether oxygens (including phenoxy) is 2. The molecule has 0 aromatic heterocycles. The summed E-state index contributed by atoms with van der Waals surface area (Å²) >= 11 is 0. The van der Waals surface area contributed by atoms with Crippen molar-refractivity contribution in [2.45, 2.75) is 13.0 Å². The molecule has 0 heterocycles. The summed E-state index contributed by atoms with van der Waals surface area (Å²) in [5.74, 6) is 1.57. The highest BCUT2D eigenvalue weighted by atomic mass is 16.5. The average molecular weight is 287 g/mol. The molecule has 0 aliphatic rings. The Bertz CT molecular complexity index is 554. The van der Waals surface area contributed by atoms with E-state index in [-0.39, 0.29) is 0 Å². The Balaban J connectivity index is 1.98. The SMILES string of the molecule is CCOc1ccccc1NCC(O)c1ccc(OC)cc1. The van der Waals surface area contributed by atoms with Gasteiger partial charge in [0.25, 0.3) is 0 Å². The lowest BCUT2D eigenvalue weighted by Gasteiger charge is -2.16. The summed E-state index contributed by atoms with van der Waals surface area (Å²) in [5, 5.41) is 13.4. The van der Waals surface area contributed by atoms with Gasteiger partial charge >= 0.3 is 0 Å². The van der Waals surface area contributed by atoms with Crippen LogP contribution in [0, 0.1) is 0 Å². The van der Waals surface area contributed by atoms with Gasteiger partial charge in [0.15, 0.2) is 0 Å². The molecule has 2 N–H and O–H groups in total. The molecule has 0 spiro atoms. The lowest BCUT2D eigenvalue weighted by molar-refractivity contribution is 0.191. The second-order valence-electron chi connectivity index (χ2n) is 4.60. The molecule has 2 rings (SSSR count). The number of para-hydroxylation sites is 2. The smallest absolute Gasteiger partial charge is 0.142 e. The van der Waals surface area contributed by atoms with E-state index in [0.29, 0.717) is 13.2 Å². The zero-order valence-electron chi connectivity index (χ0n) is 12.4. The number of benzene rings is 2. The van der Waals surface area contributed by atoms with Crippen LogP contribution in [0.3, 0.4) is 0 Å². The largest absolute Gasteiger partial charge is 0.497 e. The van der Waals surface area contributed by atoms with E-state index in [1.807, 2.05) is 55.5 Å².